The van der Waals surface area contributed by atoms with Gasteiger partial charge in [0.15, 0.2) is 0 Å². The fourth-order valence-electron chi connectivity index (χ4n) is 1.63. The molecule has 0 radical (unpaired) electrons. The molecule has 1 aromatic carbocycles. The summed E-state index contributed by atoms with van der Waals surface area (Å²) in [6.07, 6.45) is 8.00. The van der Waals surface area contributed by atoms with Gasteiger partial charge >= 0.3 is 0 Å². The minimum Gasteiger partial charge on any atom is -0.264 e. The Bertz CT molecular complexity index is 543. The van der Waals surface area contributed by atoms with Gasteiger partial charge in [-0.15, -0.1) is 24.9 Å². The quantitative estimate of drug-likeness (QED) is 0.457. The molecule has 0 spiro atoms. The zero-order chi connectivity index (χ0) is 16.6. The highest BCUT2D eigenvalue weighted by Crippen LogP contribution is 2.15. The summed E-state index contributed by atoms with van der Waals surface area (Å²) >= 11 is 1.78. The van der Waals surface area contributed by atoms with Crippen molar-refractivity contribution >= 4 is 17.6 Å². The van der Waals surface area contributed by atoms with E-state index >= 15 is 0 Å². The lowest BCUT2D eigenvalue weighted by molar-refractivity contribution is 0.948. The van der Waals surface area contributed by atoms with Crippen LogP contribution in [0.4, 0.5) is 0 Å². The highest BCUT2D eigenvalue weighted by molar-refractivity contribution is 7.98. The molecule has 2 rings (SSSR count). The molecule has 116 valence electrons. The lowest BCUT2D eigenvalue weighted by Crippen LogP contribution is -1.91. The van der Waals surface area contributed by atoms with Crippen LogP contribution in [0, 0.1) is 0 Å². The van der Waals surface area contributed by atoms with Gasteiger partial charge in [-0.1, -0.05) is 18.2 Å². The molecule has 0 aliphatic carbocycles. The van der Waals surface area contributed by atoms with Gasteiger partial charge in [-0.2, -0.15) is 0 Å². The molecule has 2 aromatic rings. The molecular formula is C19H24N2S. The first-order valence-corrected chi connectivity index (χ1v) is 8.15. The zero-order valence-corrected chi connectivity index (χ0v) is 14.3. The first kappa shape index (κ1) is 19.9. The molecular weight excluding hydrogens is 288 g/mol. The number of pyridine rings is 1. The summed E-state index contributed by atoms with van der Waals surface area (Å²) in [5.41, 5.74) is 2.69. The summed E-state index contributed by atoms with van der Waals surface area (Å²) < 4.78 is 0. The number of rotatable bonds is 4. The standard InChI is InChI=1S/C14H15NS.C3H5N.C2H4/c1-16-14-8-6-12(7-9-14)4-5-13-3-2-10-15-11-13;1-3-4-2;1-2/h2-3,6-11H,4-5H2,1H3;1H2,2H3;1-2H2. The van der Waals surface area contributed by atoms with E-state index < -0.39 is 0 Å². The molecule has 0 amide bonds. The van der Waals surface area contributed by atoms with Crippen LogP contribution in [-0.2, 0) is 12.8 Å². The lowest BCUT2D eigenvalue weighted by Gasteiger charge is -2.02. The number of aromatic nitrogens is 1. The van der Waals surface area contributed by atoms with Crippen molar-refractivity contribution in [2.45, 2.75) is 17.7 Å². The Hall–Kier alpha value is -2.09. The number of benzene rings is 1. The first-order valence-electron chi connectivity index (χ1n) is 6.93. The Kier molecular flexibility index (Phi) is 12.6. The summed E-state index contributed by atoms with van der Waals surface area (Å²) in [4.78, 5) is 8.82. The molecule has 0 fully saturated rings. The maximum absolute atomic E-state index is 4.12. The normalized spacial score (nSPS) is 8.45. The van der Waals surface area contributed by atoms with E-state index in [0.29, 0.717) is 0 Å². The molecule has 22 heavy (non-hydrogen) atoms. The molecule has 3 heteroatoms. The molecule has 2 nitrogen and oxygen atoms in total. The van der Waals surface area contributed by atoms with Crippen molar-refractivity contribution in [1.29, 1.82) is 0 Å². The van der Waals surface area contributed by atoms with Crippen molar-refractivity contribution in [2.75, 3.05) is 13.3 Å². The Morgan fingerprint density at radius 2 is 1.68 bits per heavy atom. The Balaban J connectivity index is 0.000000640. The largest absolute Gasteiger partial charge is 0.264 e. The highest BCUT2D eigenvalue weighted by Gasteiger charge is 1.96. The van der Waals surface area contributed by atoms with Gasteiger partial charge in [0.2, 0.25) is 0 Å². The Morgan fingerprint density at radius 1 is 1.09 bits per heavy atom. The number of aliphatic imine (C=N–C) groups is 1. The number of aryl methyl sites for hydroxylation is 2. The van der Waals surface area contributed by atoms with E-state index in [-0.39, 0.29) is 0 Å². The van der Waals surface area contributed by atoms with E-state index in [1.807, 2.05) is 18.5 Å². The molecule has 0 aliphatic heterocycles. The number of thioether (sulfide) groups is 1. The maximum Gasteiger partial charge on any atom is 0.0371 e. The fraction of sp³-hybridized carbons (Fsp3) is 0.211. The van der Waals surface area contributed by atoms with Crippen molar-refractivity contribution in [1.82, 2.24) is 4.98 Å². The predicted octanol–water partition coefficient (Wildman–Crippen LogP) is 4.86. The lowest BCUT2D eigenvalue weighted by atomic mass is 10.1. The number of hydrogen-bond acceptors (Lipinski definition) is 3. The van der Waals surface area contributed by atoms with Gasteiger partial charge in [-0.25, -0.2) is 4.99 Å². The van der Waals surface area contributed by atoms with E-state index in [9.17, 15) is 0 Å². The molecule has 0 N–H and O–H groups in total. The molecule has 1 heterocycles. The number of hydrogen-bond donors (Lipinski definition) is 0. The van der Waals surface area contributed by atoms with E-state index in [1.165, 1.54) is 16.0 Å². The van der Waals surface area contributed by atoms with Gasteiger partial charge in [0.05, 0.1) is 0 Å². The average molecular weight is 312 g/mol. The molecule has 0 saturated heterocycles. The van der Waals surface area contributed by atoms with E-state index in [2.05, 4.69) is 72.2 Å². The van der Waals surface area contributed by atoms with Gasteiger partial charge in [-0.05, 0) is 60.9 Å². The van der Waals surface area contributed by atoms with Gasteiger partial charge in [0.25, 0.3) is 0 Å². The van der Waals surface area contributed by atoms with Crippen LogP contribution in [0.1, 0.15) is 11.1 Å². The number of nitrogens with zero attached hydrogens (tertiary/aromatic N) is 2. The first-order chi connectivity index (χ1) is 10.8. The van der Waals surface area contributed by atoms with Crippen molar-refractivity contribution in [3.05, 3.63) is 79.7 Å². The average Bonchev–Trinajstić information content (AvgIpc) is 2.63. The molecule has 1 aromatic heterocycles. The van der Waals surface area contributed by atoms with Crippen molar-refractivity contribution in [3.63, 3.8) is 0 Å². The topological polar surface area (TPSA) is 25.2 Å². The van der Waals surface area contributed by atoms with Crippen LogP contribution in [0.3, 0.4) is 0 Å². The van der Waals surface area contributed by atoms with E-state index in [1.54, 1.807) is 18.8 Å². The summed E-state index contributed by atoms with van der Waals surface area (Å²) in [7, 11) is 1.63. The van der Waals surface area contributed by atoms with Crippen LogP contribution in [0.15, 0.2) is 78.4 Å². The second-order valence-electron chi connectivity index (χ2n) is 4.09. The summed E-state index contributed by atoms with van der Waals surface area (Å²) in [5.74, 6) is 2.31. The van der Waals surface area contributed by atoms with Gasteiger partial charge in [-0.3, -0.25) is 4.98 Å². The maximum atomic E-state index is 4.12. The van der Waals surface area contributed by atoms with Crippen LogP contribution in [0.2, 0.25) is 0 Å². The van der Waals surface area contributed by atoms with Crippen LogP contribution >= 0.6 is 11.8 Å². The second-order valence-corrected chi connectivity index (χ2v) is 4.97. The minimum absolute atomic E-state index is 1.06. The SMILES string of the molecule is C=C.C=C=NC.CSc1ccc(CCc2cccnc2)cc1. The van der Waals surface area contributed by atoms with Crippen molar-refractivity contribution in [2.24, 2.45) is 4.99 Å². The second kappa shape index (κ2) is 13.9. The third kappa shape index (κ3) is 8.96. The minimum atomic E-state index is 1.06. The van der Waals surface area contributed by atoms with E-state index in [0.717, 1.165) is 12.8 Å². The Labute approximate surface area is 138 Å². The molecule has 0 aliphatic rings. The molecule has 0 bridgehead atoms. The van der Waals surface area contributed by atoms with Crippen LogP contribution < -0.4 is 0 Å². The smallest absolute Gasteiger partial charge is 0.0371 e. The third-order valence-electron chi connectivity index (χ3n) is 2.74. The Morgan fingerprint density at radius 3 is 2.14 bits per heavy atom. The zero-order valence-electron chi connectivity index (χ0n) is 13.5. The van der Waals surface area contributed by atoms with Gasteiger partial charge in [0, 0.05) is 24.3 Å². The fourth-order valence-corrected chi connectivity index (χ4v) is 2.04. The summed E-state index contributed by atoms with van der Waals surface area (Å²) in [6.45, 7) is 9.19. The third-order valence-corrected chi connectivity index (χ3v) is 3.49. The predicted molar refractivity (Wildman–Crippen MR) is 100 cm³/mol. The van der Waals surface area contributed by atoms with Crippen LogP contribution in [0.25, 0.3) is 0 Å². The molecule has 0 unspecified atom stereocenters. The van der Waals surface area contributed by atoms with Crippen LogP contribution in [-0.4, -0.2) is 24.2 Å². The molecule has 0 atom stereocenters. The summed E-state index contributed by atoms with van der Waals surface area (Å²) in [6, 6.07) is 12.9. The molecule has 0 saturated carbocycles. The summed E-state index contributed by atoms with van der Waals surface area (Å²) in [5, 5.41) is 0. The van der Waals surface area contributed by atoms with Crippen LogP contribution in [0.5, 0.6) is 0 Å². The monoisotopic (exact) mass is 312 g/mol. The van der Waals surface area contributed by atoms with Crippen molar-refractivity contribution in [3.8, 4) is 0 Å². The van der Waals surface area contributed by atoms with Crippen molar-refractivity contribution < 1.29 is 0 Å². The van der Waals surface area contributed by atoms with E-state index in [4.69, 9.17) is 0 Å². The van der Waals surface area contributed by atoms with Gasteiger partial charge < -0.3 is 0 Å². The van der Waals surface area contributed by atoms with Gasteiger partial charge in [0.1, 0.15) is 0 Å². The highest BCUT2D eigenvalue weighted by atomic mass is 32.2.